The monoisotopic (exact) mass is 279 g/mol. The summed E-state index contributed by atoms with van der Waals surface area (Å²) in [6, 6.07) is 0. The van der Waals surface area contributed by atoms with Gasteiger partial charge in [-0.3, -0.25) is 5.10 Å². The topological polar surface area (TPSA) is 80.1 Å². The van der Waals surface area contributed by atoms with Crippen LogP contribution in [0.5, 0.6) is 0 Å². The predicted octanol–water partition coefficient (Wildman–Crippen LogP) is 1.40. The average molecular weight is 279 g/mol. The first kappa shape index (κ1) is 13.8. The molecule has 3 rings (SSSR count). The van der Waals surface area contributed by atoms with Crippen LogP contribution in [0.25, 0.3) is 0 Å². The minimum absolute atomic E-state index is 0.274. The molecule has 0 radical (unpaired) electrons. The molecule has 1 atom stereocenters. The molecule has 2 aliphatic rings. The number of rotatable bonds is 3. The lowest BCUT2D eigenvalue weighted by molar-refractivity contribution is 0.00966. The number of aromatic nitrogens is 3. The summed E-state index contributed by atoms with van der Waals surface area (Å²) in [6.45, 7) is 7.87. The summed E-state index contributed by atoms with van der Waals surface area (Å²) in [5.41, 5.74) is 5.84. The molecule has 0 aromatic carbocycles. The average Bonchev–Trinajstić information content (AvgIpc) is 3.09. The van der Waals surface area contributed by atoms with Crippen molar-refractivity contribution in [1.29, 1.82) is 0 Å². The molecule has 1 aromatic rings. The maximum absolute atomic E-state index is 5.85. The van der Waals surface area contributed by atoms with Gasteiger partial charge in [0.15, 0.2) is 5.82 Å². The molecule has 0 saturated carbocycles. The molecule has 6 nitrogen and oxygen atoms in total. The zero-order valence-corrected chi connectivity index (χ0v) is 12.5. The van der Waals surface area contributed by atoms with E-state index < -0.39 is 0 Å². The van der Waals surface area contributed by atoms with E-state index >= 15 is 0 Å². The van der Waals surface area contributed by atoms with Gasteiger partial charge in [0.2, 0.25) is 5.95 Å². The van der Waals surface area contributed by atoms with Crippen molar-refractivity contribution in [3.8, 4) is 0 Å². The third-order valence-electron chi connectivity index (χ3n) is 4.94. The van der Waals surface area contributed by atoms with E-state index in [-0.39, 0.29) is 11.0 Å². The van der Waals surface area contributed by atoms with Crippen molar-refractivity contribution >= 4 is 5.95 Å². The second-order valence-corrected chi connectivity index (χ2v) is 6.67. The number of nitrogens with zero attached hydrogens (tertiary/aromatic N) is 3. The predicted molar refractivity (Wildman–Crippen MR) is 77.5 cm³/mol. The fourth-order valence-corrected chi connectivity index (χ4v) is 3.05. The van der Waals surface area contributed by atoms with Gasteiger partial charge in [-0.2, -0.15) is 4.98 Å². The Morgan fingerprint density at radius 1 is 1.30 bits per heavy atom. The maximum Gasteiger partial charge on any atom is 0.244 e. The number of nitrogens with one attached hydrogen (secondary N) is 1. The SMILES string of the molecule is CC1(CN)CCN(c2n[nH]c(C3(C)CCCO3)n2)CC1. The molecule has 1 unspecified atom stereocenters. The minimum Gasteiger partial charge on any atom is -0.367 e. The van der Waals surface area contributed by atoms with Gasteiger partial charge in [0.05, 0.1) is 0 Å². The Balaban J connectivity index is 1.69. The maximum atomic E-state index is 5.85. The second kappa shape index (κ2) is 5.00. The van der Waals surface area contributed by atoms with Crippen molar-refractivity contribution < 1.29 is 4.74 Å². The number of aromatic amines is 1. The van der Waals surface area contributed by atoms with Crippen LogP contribution in [0.4, 0.5) is 5.95 Å². The number of anilines is 1. The molecule has 20 heavy (non-hydrogen) atoms. The fourth-order valence-electron chi connectivity index (χ4n) is 3.05. The van der Waals surface area contributed by atoms with Gasteiger partial charge in [-0.1, -0.05) is 6.92 Å². The molecule has 3 heterocycles. The van der Waals surface area contributed by atoms with Crippen LogP contribution < -0.4 is 10.6 Å². The molecule has 0 aliphatic carbocycles. The molecule has 3 N–H and O–H groups in total. The first-order valence-electron chi connectivity index (χ1n) is 7.57. The van der Waals surface area contributed by atoms with Gasteiger partial charge >= 0.3 is 0 Å². The molecular weight excluding hydrogens is 254 g/mol. The third-order valence-corrected chi connectivity index (χ3v) is 4.94. The summed E-state index contributed by atoms with van der Waals surface area (Å²) < 4.78 is 5.81. The Labute approximate surface area is 120 Å². The van der Waals surface area contributed by atoms with Crippen LogP contribution in [0.3, 0.4) is 0 Å². The molecule has 2 aliphatic heterocycles. The van der Waals surface area contributed by atoms with Crippen molar-refractivity contribution in [2.45, 2.75) is 45.1 Å². The lowest BCUT2D eigenvalue weighted by Crippen LogP contribution is -2.42. The van der Waals surface area contributed by atoms with E-state index in [2.05, 4.69) is 33.9 Å². The van der Waals surface area contributed by atoms with Crippen molar-refractivity contribution in [3.63, 3.8) is 0 Å². The van der Waals surface area contributed by atoms with Crippen LogP contribution in [0.15, 0.2) is 0 Å². The molecular formula is C14H25N5O. The van der Waals surface area contributed by atoms with Crippen LogP contribution in [-0.2, 0) is 10.3 Å². The van der Waals surface area contributed by atoms with Gasteiger partial charge in [-0.05, 0) is 44.6 Å². The Bertz CT molecular complexity index is 458. The first-order valence-corrected chi connectivity index (χ1v) is 7.57. The summed E-state index contributed by atoms with van der Waals surface area (Å²) in [7, 11) is 0. The molecule has 0 amide bonds. The molecule has 2 fully saturated rings. The van der Waals surface area contributed by atoms with Gasteiger partial charge in [0, 0.05) is 19.7 Å². The normalized spacial score (nSPS) is 29.9. The summed E-state index contributed by atoms with van der Waals surface area (Å²) >= 11 is 0. The van der Waals surface area contributed by atoms with Crippen molar-refractivity contribution in [1.82, 2.24) is 15.2 Å². The Morgan fingerprint density at radius 2 is 2.05 bits per heavy atom. The zero-order chi connectivity index (χ0) is 14.2. The van der Waals surface area contributed by atoms with Gasteiger partial charge in [-0.25, -0.2) is 0 Å². The van der Waals surface area contributed by atoms with Crippen LogP contribution in [-0.4, -0.2) is 41.4 Å². The Morgan fingerprint density at radius 3 is 2.65 bits per heavy atom. The lowest BCUT2D eigenvalue weighted by Gasteiger charge is -2.38. The van der Waals surface area contributed by atoms with Crippen molar-refractivity contribution in [2.24, 2.45) is 11.1 Å². The number of hydrogen-bond acceptors (Lipinski definition) is 5. The second-order valence-electron chi connectivity index (χ2n) is 6.67. The summed E-state index contributed by atoms with van der Waals surface area (Å²) in [6.07, 6.45) is 4.29. The molecule has 0 spiro atoms. The quantitative estimate of drug-likeness (QED) is 0.874. The van der Waals surface area contributed by atoms with E-state index in [1.54, 1.807) is 0 Å². The minimum atomic E-state index is -0.285. The number of piperidine rings is 1. The molecule has 112 valence electrons. The number of hydrogen-bond donors (Lipinski definition) is 2. The Kier molecular flexibility index (Phi) is 3.46. The van der Waals surface area contributed by atoms with Crippen LogP contribution >= 0.6 is 0 Å². The highest BCUT2D eigenvalue weighted by Gasteiger charge is 2.36. The zero-order valence-electron chi connectivity index (χ0n) is 12.5. The summed E-state index contributed by atoms with van der Waals surface area (Å²) in [5, 5.41) is 7.45. The standard InChI is InChI=1S/C14H25N5O/c1-13(10-15)5-7-19(8-6-13)12-16-11(17-18-12)14(2)4-3-9-20-14/h3-10,15H2,1-2H3,(H,16,17,18). The van der Waals surface area contributed by atoms with E-state index in [0.717, 1.165) is 63.7 Å². The fraction of sp³-hybridized carbons (Fsp3) is 0.857. The van der Waals surface area contributed by atoms with Gasteiger partial charge in [0.1, 0.15) is 5.60 Å². The largest absolute Gasteiger partial charge is 0.367 e. The number of ether oxygens (including phenoxy) is 1. The van der Waals surface area contributed by atoms with Gasteiger partial charge in [-0.15, -0.1) is 5.10 Å². The van der Waals surface area contributed by atoms with Crippen LogP contribution in [0.1, 0.15) is 45.4 Å². The molecule has 6 heteroatoms. The number of nitrogens with two attached hydrogens (primary N) is 1. The highest BCUT2D eigenvalue weighted by atomic mass is 16.5. The van der Waals surface area contributed by atoms with Crippen molar-refractivity contribution in [3.05, 3.63) is 5.82 Å². The highest BCUT2D eigenvalue weighted by molar-refractivity contribution is 5.30. The van der Waals surface area contributed by atoms with E-state index in [0.29, 0.717) is 0 Å². The van der Waals surface area contributed by atoms with E-state index in [1.807, 2.05) is 0 Å². The summed E-state index contributed by atoms with van der Waals surface area (Å²) in [5.74, 6) is 1.66. The Hall–Kier alpha value is -1.14. The summed E-state index contributed by atoms with van der Waals surface area (Å²) in [4.78, 5) is 6.91. The third kappa shape index (κ3) is 2.42. The van der Waals surface area contributed by atoms with E-state index in [9.17, 15) is 0 Å². The molecule has 0 bridgehead atoms. The lowest BCUT2D eigenvalue weighted by atomic mass is 9.81. The smallest absolute Gasteiger partial charge is 0.244 e. The van der Waals surface area contributed by atoms with Gasteiger partial charge in [0.25, 0.3) is 0 Å². The molecule has 2 saturated heterocycles. The van der Waals surface area contributed by atoms with Crippen molar-refractivity contribution in [2.75, 3.05) is 31.1 Å². The number of H-pyrrole nitrogens is 1. The highest BCUT2D eigenvalue weighted by Crippen LogP contribution is 2.35. The van der Waals surface area contributed by atoms with E-state index in [4.69, 9.17) is 10.5 Å². The first-order chi connectivity index (χ1) is 9.55. The van der Waals surface area contributed by atoms with Gasteiger partial charge < -0.3 is 15.4 Å². The van der Waals surface area contributed by atoms with Crippen LogP contribution in [0, 0.1) is 5.41 Å². The van der Waals surface area contributed by atoms with E-state index in [1.165, 1.54) is 0 Å². The molecule has 1 aromatic heterocycles. The van der Waals surface area contributed by atoms with Crippen LogP contribution in [0.2, 0.25) is 0 Å².